The van der Waals surface area contributed by atoms with E-state index in [9.17, 15) is 19.2 Å². The molecule has 3 rings (SSSR count). The number of ketones is 1. The van der Waals surface area contributed by atoms with Crippen molar-refractivity contribution in [2.45, 2.75) is 24.7 Å². The summed E-state index contributed by atoms with van der Waals surface area (Å²) in [5.41, 5.74) is 1.77. The lowest BCUT2D eigenvalue weighted by Gasteiger charge is -2.10. The van der Waals surface area contributed by atoms with Crippen LogP contribution in [0.4, 0.5) is 11.4 Å². The van der Waals surface area contributed by atoms with Gasteiger partial charge in [0.1, 0.15) is 0 Å². The van der Waals surface area contributed by atoms with E-state index in [0.717, 1.165) is 17.7 Å². The Morgan fingerprint density at radius 2 is 1.67 bits per heavy atom. The molecule has 2 aromatic carbocycles. The highest BCUT2D eigenvalue weighted by Gasteiger charge is 2.29. The van der Waals surface area contributed by atoms with Crippen molar-refractivity contribution in [1.82, 2.24) is 0 Å². The summed E-state index contributed by atoms with van der Waals surface area (Å²) in [6, 6.07) is 11.3. The molecule has 7 nitrogen and oxygen atoms in total. The van der Waals surface area contributed by atoms with Crippen LogP contribution in [0.1, 0.15) is 40.5 Å². The Labute approximate surface area is 178 Å². The summed E-state index contributed by atoms with van der Waals surface area (Å²) in [5.74, 6) is -1.17. The average molecular weight is 426 g/mol. The average Bonchev–Trinajstić information content (AvgIpc) is 3.57. The molecule has 8 heteroatoms. The van der Waals surface area contributed by atoms with E-state index in [1.807, 2.05) is 6.26 Å². The van der Waals surface area contributed by atoms with Gasteiger partial charge in [0.25, 0.3) is 0 Å². The van der Waals surface area contributed by atoms with Gasteiger partial charge in [0.2, 0.25) is 11.8 Å². The number of Topliss-reactive ketones (excluding diaryl/α,β-unsaturated/α-hetero) is 1. The number of esters is 1. The Kier molecular flexibility index (Phi) is 6.89. The molecular weight excluding hydrogens is 404 g/mol. The Morgan fingerprint density at radius 3 is 2.27 bits per heavy atom. The normalized spacial score (nSPS) is 12.7. The van der Waals surface area contributed by atoms with Gasteiger partial charge in [-0.2, -0.15) is 0 Å². The summed E-state index contributed by atoms with van der Waals surface area (Å²) in [4.78, 5) is 48.6. The first-order valence-corrected chi connectivity index (χ1v) is 10.7. The van der Waals surface area contributed by atoms with E-state index < -0.39 is 12.6 Å². The standard InChI is InChI=1S/C22H22N2O5S/c1-13(25)23-18-11-16(7-10-20(18)30-2)19(26)12-29-22(28)15-5-8-17(9-6-15)24-21(27)14-3-4-14/h5-11,14H,3-4,12H2,1-2H3,(H,23,25)(H,24,27). The first kappa shape index (κ1) is 21.6. The molecule has 1 saturated carbocycles. The molecule has 30 heavy (non-hydrogen) atoms. The molecule has 1 aliphatic rings. The zero-order chi connectivity index (χ0) is 21.7. The smallest absolute Gasteiger partial charge is 0.338 e. The van der Waals surface area contributed by atoms with E-state index in [2.05, 4.69) is 10.6 Å². The van der Waals surface area contributed by atoms with E-state index in [1.165, 1.54) is 30.8 Å². The maximum atomic E-state index is 12.4. The molecule has 0 radical (unpaired) electrons. The Bertz CT molecular complexity index is 984. The molecule has 2 aromatic rings. The van der Waals surface area contributed by atoms with Gasteiger partial charge in [-0.1, -0.05) is 6.07 Å². The second-order valence-corrected chi connectivity index (χ2v) is 7.78. The molecule has 0 heterocycles. The lowest BCUT2D eigenvalue weighted by Crippen LogP contribution is -2.16. The minimum absolute atomic E-state index is 0.0120. The third kappa shape index (κ3) is 5.70. The summed E-state index contributed by atoms with van der Waals surface area (Å²) in [5, 5.41) is 5.48. The monoisotopic (exact) mass is 426 g/mol. The van der Waals surface area contributed by atoms with Gasteiger partial charge in [0.15, 0.2) is 12.4 Å². The SMILES string of the molecule is CSc1ccc(C(=O)COC(=O)c2ccc(NC(=O)C3CC3)cc2)cc1NC(C)=O. The number of hydrogen-bond acceptors (Lipinski definition) is 6. The fourth-order valence-corrected chi connectivity index (χ4v) is 3.28. The molecule has 156 valence electrons. The van der Waals surface area contributed by atoms with Crippen molar-refractivity contribution >= 4 is 46.7 Å². The Hall–Kier alpha value is -3.13. The van der Waals surface area contributed by atoms with Crippen molar-refractivity contribution in [3.05, 3.63) is 53.6 Å². The Balaban J connectivity index is 1.58. The van der Waals surface area contributed by atoms with E-state index in [4.69, 9.17) is 4.74 Å². The van der Waals surface area contributed by atoms with Crippen LogP contribution in [0, 0.1) is 5.92 Å². The van der Waals surface area contributed by atoms with E-state index in [1.54, 1.807) is 30.3 Å². The fraction of sp³-hybridized carbons (Fsp3) is 0.273. The maximum Gasteiger partial charge on any atom is 0.338 e. The van der Waals surface area contributed by atoms with Gasteiger partial charge in [0.05, 0.1) is 11.3 Å². The third-order valence-corrected chi connectivity index (χ3v) is 5.30. The van der Waals surface area contributed by atoms with Crippen LogP contribution < -0.4 is 10.6 Å². The number of benzene rings is 2. The van der Waals surface area contributed by atoms with Gasteiger partial charge < -0.3 is 15.4 Å². The van der Waals surface area contributed by atoms with E-state index in [-0.39, 0.29) is 29.1 Å². The van der Waals surface area contributed by atoms with Crippen molar-refractivity contribution in [2.24, 2.45) is 5.92 Å². The minimum Gasteiger partial charge on any atom is -0.454 e. The molecule has 0 saturated heterocycles. The van der Waals surface area contributed by atoms with Crippen molar-refractivity contribution in [1.29, 1.82) is 0 Å². The molecule has 0 unspecified atom stereocenters. The summed E-state index contributed by atoms with van der Waals surface area (Å²) in [7, 11) is 0. The van der Waals surface area contributed by atoms with Crippen LogP contribution in [-0.2, 0) is 14.3 Å². The van der Waals surface area contributed by atoms with Crippen LogP contribution in [0.3, 0.4) is 0 Å². The van der Waals surface area contributed by atoms with Crippen molar-refractivity contribution < 1.29 is 23.9 Å². The maximum absolute atomic E-state index is 12.4. The lowest BCUT2D eigenvalue weighted by atomic mass is 10.1. The van der Waals surface area contributed by atoms with Crippen LogP contribution in [0.5, 0.6) is 0 Å². The summed E-state index contributed by atoms with van der Waals surface area (Å²) in [6.45, 7) is 0.972. The zero-order valence-corrected chi connectivity index (χ0v) is 17.5. The number of thioether (sulfide) groups is 1. The number of anilines is 2. The number of carbonyl (C=O) groups is 4. The quantitative estimate of drug-likeness (QED) is 0.379. The highest BCUT2D eigenvalue weighted by molar-refractivity contribution is 7.98. The predicted molar refractivity (Wildman–Crippen MR) is 115 cm³/mol. The van der Waals surface area contributed by atoms with E-state index in [0.29, 0.717) is 16.9 Å². The number of hydrogen-bond donors (Lipinski definition) is 2. The first-order valence-electron chi connectivity index (χ1n) is 9.44. The topological polar surface area (TPSA) is 102 Å². The Morgan fingerprint density at radius 1 is 1.00 bits per heavy atom. The van der Waals surface area contributed by atoms with Crippen molar-refractivity contribution in [2.75, 3.05) is 23.5 Å². The van der Waals surface area contributed by atoms with Crippen LogP contribution in [0.15, 0.2) is 47.4 Å². The van der Waals surface area contributed by atoms with Gasteiger partial charge >= 0.3 is 5.97 Å². The molecule has 0 aliphatic heterocycles. The zero-order valence-electron chi connectivity index (χ0n) is 16.7. The van der Waals surface area contributed by atoms with E-state index >= 15 is 0 Å². The second kappa shape index (κ2) is 9.58. The largest absolute Gasteiger partial charge is 0.454 e. The molecular formula is C22H22N2O5S. The van der Waals surface area contributed by atoms with Gasteiger partial charge in [-0.3, -0.25) is 14.4 Å². The lowest BCUT2D eigenvalue weighted by molar-refractivity contribution is -0.117. The number of ether oxygens (including phenoxy) is 1. The molecule has 2 N–H and O–H groups in total. The van der Waals surface area contributed by atoms with Crippen LogP contribution in [0.2, 0.25) is 0 Å². The molecule has 0 atom stereocenters. The van der Waals surface area contributed by atoms with Gasteiger partial charge in [-0.15, -0.1) is 11.8 Å². The summed E-state index contributed by atoms with van der Waals surface area (Å²) < 4.78 is 5.12. The molecule has 1 fully saturated rings. The number of amides is 2. The van der Waals surface area contributed by atoms with Crippen molar-refractivity contribution in [3.8, 4) is 0 Å². The third-order valence-electron chi connectivity index (χ3n) is 4.50. The number of carbonyl (C=O) groups excluding carboxylic acids is 4. The summed E-state index contributed by atoms with van der Waals surface area (Å²) >= 11 is 1.45. The van der Waals surface area contributed by atoms with Crippen LogP contribution in [-0.4, -0.2) is 36.4 Å². The fourth-order valence-electron chi connectivity index (χ4n) is 2.75. The highest BCUT2D eigenvalue weighted by atomic mass is 32.2. The van der Waals surface area contributed by atoms with Crippen molar-refractivity contribution in [3.63, 3.8) is 0 Å². The van der Waals surface area contributed by atoms with Gasteiger partial charge in [0, 0.05) is 29.0 Å². The number of rotatable bonds is 8. The van der Waals surface area contributed by atoms with Gasteiger partial charge in [-0.25, -0.2) is 4.79 Å². The molecule has 0 spiro atoms. The summed E-state index contributed by atoms with van der Waals surface area (Å²) in [6.07, 6.45) is 3.69. The predicted octanol–water partition coefficient (Wildman–Crippen LogP) is 3.76. The van der Waals surface area contributed by atoms with Crippen LogP contribution >= 0.6 is 11.8 Å². The molecule has 0 aromatic heterocycles. The molecule has 2 amide bonds. The highest BCUT2D eigenvalue weighted by Crippen LogP contribution is 2.30. The minimum atomic E-state index is -0.633. The first-order chi connectivity index (χ1) is 14.4. The van der Waals surface area contributed by atoms with Crippen LogP contribution in [0.25, 0.3) is 0 Å². The molecule has 0 bridgehead atoms. The second-order valence-electron chi connectivity index (χ2n) is 6.94. The molecule has 1 aliphatic carbocycles. The van der Waals surface area contributed by atoms with Gasteiger partial charge in [-0.05, 0) is 55.5 Å². The number of nitrogens with one attached hydrogen (secondary N) is 2.